The van der Waals surface area contributed by atoms with Gasteiger partial charge < -0.3 is 10.1 Å². The molecule has 0 saturated heterocycles. The topological polar surface area (TPSA) is 33.1 Å². The lowest BCUT2D eigenvalue weighted by atomic mass is 10.3. The molecule has 1 N–H and O–H groups in total. The van der Waals surface area contributed by atoms with E-state index in [9.17, 15) is 0 Å². The van der Waals surface area contributed by atoms with E-state index < -0.39 is 0 Å². The highest BCUT2D eigenvalue weighted by molar-refractivity contribution is 5.75. The first-order valence-electron chi connectivity index (χ1n) is 2.49. The second-order valence-electron chi connectivity index (χ2n) is 1.44. The lowest BCUT2D eigenvalue weighted by molar-refractivity contribution is 0.230. The number of allylic oxidation sites excluding steroid dienone is 1. The maximum Gasteiger partial charge on any atom is 0.0724 e. The van der Waals surface area contributed by atoms with Gasteiger partial charge in [-0.15, -0.1) is 0 Å². The van der Waals surface area contributed by atoms with E-state index >= 15 is 0 Å². The van der Waals surface area contributed by atoms with Crippen LogP contribution in [-0.4, -0.2) is 19.9 Å². The summed E-state index contributed by atoms with van der Waals surface area (Å²) in [7, 11) is 1.62. The predicted molar refractivity (Wildman–Crippen MR) is 34.4 cm³/mol. The van der Waals surface area contributed by atoms with Gasteiger partial charge in [-0.05, 0) is 12.5 Å². The summed E-state index contributed by atoms with van der Waals surface area (Å²) in [5.41, 5.74) is 0.910. The van der Waals surface area contributed by atoms with Crippen molar-refractivity contribution < 1.29 is 4.74 Å². The van der Waals surface area contributed by atoms with Crippen molar-refractivity contribution in [2.45, 2.75) is 6.92 Å². The van der Waals surface area contributed by atoms with Crippen LogP contribution in [0.4, 0.5) is 0 Å². The molecule has 0 amide bonds. The van der Waals surface area contributed by atoms with Crippen molar-refractivity contribution in [3.05, 3.63) is 11.6 Å². The molecule has 0 aliphatic carbocycles. The molecule has 0 aromatic rings. The molecule has 0 aliphatic heterocycles. The zero-order valence-electron chi connectivity index (χ0n) is 5.27. The minimum absolute atomic E-state index is 0.542. The fraction of sp³-hybridized carbons (Fsp3) is 0.500. The summed E-state index contributed by atoms with van der Waals surface area (Å²) in [6.07, 6.45) is 3.15. The van der Waals surface area contributed by atoms with Crippen LogP contribution in [0, 0.1) is 5.41 Å². The number of rotatable bonds is 3. The molecule has 0 unspecified atom stereocenters. The number of nitrogens with one attached hydrogen (secondary N) is 1. The summed E-state index contributed by atoms with van der Waals surface area (Å²) in [5.74, 6) is 0. The van der Waals surface area contributed by atoms with Gasteiger partial charge in [0.25, 0.3) is 0 Å². The molecule has 0 atom stereocenters. The zero-order valence-corrected chi connectivity index (χ0v) is 5.27. The molecule has 0 saturated carbocycles. The first kappa shape index (κ1) is 7.37. The third-order valence-corrected chi connectivity index (χ3v) is 0.867. The standard InChI is InChI=1S/C6H11NO/c1-3-6(4-7)5-8-2/h3-4,7H,5H2,1-2H3/b6-3+,7-4?. The minimum Gasteiger partial charge on any atom is -0.380 e. The Labute approximate surface area is 49.7 Å². The van der Waals surface area contributed by atoms with E-state index in [0.717, 1.165) is 5.57 Å². The maximum absolute atomic E-state index is 6.79. The van der Waals surface area contributed by atoms with Crippen LogP contribution in [0.25, 0.3) is 0 Å². The third-order valence-electron chi connectivity index (χ3n) is 0.867. The highest BCUT2D eigenvalue weighted by atomic mass is 16.5. The monoisotopic (exact) mass is 113 g/mol. The van der Waals surface area contributed by atoms with Crippen LogP contribution in [0.2, 0.25) is 0 Å². The highest BCUT2D eigenvalue weighted by Crippen LogP contribution is 1.87. The Morgan fingerprint density at radius 3 is 2.50 bits per heavy atom. The fourth-order valence-electron chi connectivity index (χ4n) is 0.375. The van der Waals surface area contributed by atoms with Gasteiger partial charge in [-0.25, -0.2) is 0 Å². The van der Waals surface area contributed by atoms with Gasteiger partial charge in [-0.2, -0.15) is 0 Å². The number of ether oxygens (including phenoxy) is 1. The largest absolute Gasteiger partial charge is 0.380 e. The first-order valence-corrected chi connectivity index (χ1v) is 2.49. The molecule has 2 nitrogen and oxygen atoms in total. The van der Waals surface area contributed by atoms with Gasteiger partial charge in [0, 0.05) is 13.3 Å². The van der Waals surface area contributed by atoms with Crippen molar-refractivity contribution >= 4 is 6.21 Å². The average Bonchev–Trinajstić information content (AvgIpc) is 1.83. The van der Waals surface area contributed by atoms with Gasteiger partial charge in [-0.3, -0.25) is 0 Å². The van der Waals surface area contributed by atoms with Crippen molar-refractivity contribution in [2.75, 3.05) is 13.7 Å². The van der Waals surface area contributed by atoms with Crippen molar-refractivity contribution in [1.29, 1.82) is 5.41 Å². The fourth-order valence-corrected chi connectivity index (χ4v) is 0.375. The summed E-state index contributed by atoms with van der Waals surface area (Å²) in [6.45, 7) is 2.43. The average molecular weight is 113 g/mol. The Hall–Kier alpha value is -0.630. The van der Waals surface area contributed by atoms with Crippen LogP contribution >= 0.6 is 0 Å². The first-order chi connectivity index (χ1) is 3.85. The van der Waals surface area contributed by atoms with Gasteiger partial charge in [0.15, 0.2) is 0 Å². The zero-order chi connectivity index (χ0) is 6.41. The van der Waals surface area contributed by atoms with Crippen molar-refractivity contribution in [2.24, 2.45) is 0 Å². The van der Waals surface area contributed by atoms with Crippen LogP contribution in [0.15, 0.2) is 11.6 Å². The Morgan fingerprint density at radius 1 is 1.75 bits per heavy atom. The highest BCUT2D eigenvalue weighted by Gasteiger charge is 1.84. The van der Waals surface area contributed by atoms with Crippen LogP contribution < -0.4 is 0 Å². The number of methoxy groups -OCH3 is 1. The quantitative estimate of drug-likeness (QED) is 0.548. The van der Waals surface area contributed by atoms with Crippen LogP contribution in [0.3, 0.4) is 0 Å². The Kier molecular flexibility index (Phi) is 4.17. The molecule has 0 radical (unpaired) electrons. The second kappa shape index (κ2) is 4.53. The molecule has 0 spiro atoms. The molecule has 46 valence electrons. The number of hydrogen-bond acceptors (Lipinski definition) is 2. The lowest BCUT2D eigenvalue weighted by Gasteiger charge is -1.94. The predicted octanol–water partition coefficient (Wildman–Crippen LogP) is 1.23. The summed E-state index contributed by atoms with van der Waals surface area (Å²) in [6, 6.07) is 0. The Balaban J connectivity index is 3.54. The summed E-state index contributed by atoms with van der Waals surface area (Å²) in [4.78, 5) is 0. The van der Waals surface area contributed by atoms with E-state index in [2.05, 4.69) is 0 Å². The molecule has 0 bridgehead atoms. The van der Waals surface area contributed by atoms with Gasteiger partial charge in [0.05, 0.1) is 6.61 Å². The molecule has 0 heterocycles. The van der Waals surface area contributed by atoms with E-state index in [-0.39, 0.29) is 0 Å². The van der Waals surface area contributed by atoms with E-state index in [0.29, 0.717) is 6.61 Å². The van der Waals surface area contributed by atoms with E-state index in [1.165, 1.54) is 6.21 Å². The van der Waals surface area contributed by atoms with Crippen LogP contribution in [0.1, 0.15) is 6.92 Å². The summed E-state index contributed by atoms with van der Waals surface area (Å²) in [5, 5.41) is 6.79. The molecule has 8 heavy (non-hydrogen) atoms. The summed E-state index contributed by atoms with van der Waals surface area (Å²) >= 11 is 0. The minimum atomic E-state index is 0.542. The van der Waals surface area contributed by atoms with Crippen molar-refractivity contribution in [3.8, 4) is 0 Å². The van der Waals surface area contributed by atoms with Crippen LogP contribution in [0.5, 0.6) is 0 Å². The van der Waals surface area contributed by atoms with E-state index in [1.54, 1.807) is 7.11 Å². The van der Waals surface area contributed by atoms with Gasteiger partial charge in [0.2, 0.25) is 0 Å². The smallest absolute Gasteiger partial charge is 0.0724 e. The maximum atomic E-state index is 6.79. The van der Waals surface area contributed by atoms with E-state index in [1.807, 2.05) is 13.0 Å². The molecule has 0 aromatic heterocycles. The Bertz CT molecular complexity index is 96.7. The third kappa shape index (κ3) is 2.53. The normalized spacial score (nSPS) is 11.5. The van der Waals surface area contributed by atoms with E-state index in [4.69, 9.17) is 10.1 Å². The Morgan fingerprint density at radius 2 is 2.38 bits per heavy atom. The summed E-state index contributed by atoms with van der Waals surface area (Å²) < 4.78 is 4.77. The molecule has 2 heteroatoms. The molecule has 0 aliphatic rings. The van der Waals surface area contributed by atoms with Gasteiger partial charge in [0.1, 0.15) is 0 Å². The molecule has 0 fully saturated rings. The van der Waals surface area contributed by atoms with Crippen molar-refractivity contribution in [3.63, 3.8) is 0 Å². The van der Waals surface area contributed by atoms with Crippen LogP contribution in [-0.2, 0) is 4.74 Å². The number of hydrogen-bond donors (Lipinski definition) is 1. The van der Waals surface area contributed by atoms with Gasteiger partial charge in [-0.1, -0.05) is 6.08 Å². The molecule has 0 aromatic carbocycles. The van der Waals surface area contributed by atoms with Crippen molar-refractivity contribution in [1.82, 2.24) is 0 Å². The second-order valence-corrected chi connectivity index (χ2v) is 1.44. The SMILES string of the molecule is C/C=C(\C=N)COC. The molecular weight excluding hydrogens is 102 g/mol. The molecular formula is C6H11NO. The molecule has 0 rings (SSSR count). The lowest BCUT2D eigenvalue weighted by Crippen LogP contribution is -1.93. The van der Waals surface area contributed by atoms with Gasteiger partial charge >= 0.3 is 0 Å².